The lowest BCUT2D eigenvalue weighted by molar-refractivity contribution is -0.162. The Kier molecular flexibility index (Phi) is 23.1. The van der Waals surface area contributed by atoms with E-state index < -0.39 is 89.4 Å². The van der Waals surface area contributed by atoms with E-state index in [-0.39, 0.29) is 62.2 Å². The molecular weight excluding hydrogens is 993 g/mol. The highest BCUT2D eigenvalue weighted by Gasteiger charge is 2.64. The monoisotopic (exact) mass is 1080 g/mol. The predicted octanol–water partition coefficient (Wildman–Crippen LogP) is 8.05. The molecule has 2 amide bonds. The van der Waals surface area contributed by atoms with Gasteiger partial charge in [-0.25, -0.2) is 9.59 Å². The minimum Gasteiger partial charge on any atom is -0.496 e. The number of carbonyl (C=O) groups excluding carboxylic acids is 7. The van der Waals surface area contributed by atoms with Gasteiger partial charge in [0.1, 0.15) is 60.8 Å². The van der Waals surface area contributed by atoms with E-state index in [9.17, 15) is 38.7 Å². The Morgan fingerprint density at radius 1 is 0.948 bits per heavy atom. The van der Waals surface area contributed by atoms with Gasteiger partial charge in [-0.1, -0.05) is 77.0 Å². The van der Waals surface area contributed by atoms with Crippen molar-refractivity contribution >= 4 is 41.5 Å². The fourth-order valence-electron chi connectivity index (χ4n) is 10.3. The number of nitrogens with zero attached hydrogens (tertiary/aromatic N) is 1. The minimum absolute atomic E-state index is 0.0493. The average Bonchev–Trinajstić information content (AvgIpc) is 4.25. The highest BCUT2D eigenvalue weighted by molar-refractivity contribution is 5.88. The summed E-state index contributed by atoms with van der Waals surface area (Å²) in [5.41, 5.74) is 0.258. The number of rotatable bonds is 20. The molecule has 0 aromatic heterocycles. The second kappa shape index (κ2) is 28.4. The number of carbonyl (C=O) groups is 7. The molecule has 0 spiro atoms. The molecule has 2 aliphatic heterocycles. The first kappa shape index (κ1) is 62.4. The van der Waals surface area contributed by atoms with Gasteiger partial charge in [-0.05, 0) is 108 Å². The molecule has 1 aromatic carbocycles. The van der Waals surface area contributed by atoms with E-state index in [1.54, 1.807) is 53.9 Å². The molecule has 2 aliphatic carbocycles. The van der Waals surface area contributed by atoms with Crippen LogP contribution in [-0.2, 0) is 68.3 Å². The number of alkyl carbamates (subject to hydrolysis) is 1. The van der Waals surface area contributed by atoms with Crippen molar-refractivity contribution in [1.29, 1.82) is 0 Å². The maximum absolute atomic E-state index is 14.5. The van der Waals surface area contributed by atoms with Crippen LogP contribution < -0.4 is 10.1 Å². The van der Waals surface area contributed by atoms with E-state index >= 15 is 0 Å². The Morgan fingerprint density at radius 2 is 1.66 bits per heavy atom. The quantitative estimate of drug-likeness (QED) is 0.0544. The zero-order chi connectivity index (χ0) is 56.8. The summed E-state index contributed by atoms with van der Waals surface area (Å²) in [6.07, 6.45) is 9.96. The number of Topliss-reactive ketones (excluding diaryl/α,β-unsaturated/α-hetero) is 2. The lowest BCUT2D eigenvalue weighted by atomic mass is 9.82. The maximum atomic E-state index is 14.5. The van der Waals surface area contributed by atoms with Crippen LogP contribution in [0.15, 0.2) is 48.1 Å². The third kappa shape index (κ3) is 17.0. The van der Waals surface area contributed by atoms with Crippen LogP contribution in [0.25, 0.3) is 0 Å². The molecule has 1 aromatic rings. The molecule has 77 heavy (non-hydrogen) atoms. The normalized spacial score (nSPS) is 30.4. The lowest BCUT2D eigenvalue weighted by Gasteiger charge is -2.42. The molecule has 2 saturated heterocycles. The Morgan fingerprint density at radius 3 is 2.35 bits per heavy atom. The fourth-order valence-corrected chi connectivity index (χ4v) is 10.3. The summed E-state index contributed by atoms with van der Waals surface area (Å²) < 4.78 is 46.9. The summed E-state index contributed by atoms with van der Waals surface area (Å²) in [5.74, 6) is -4.00. The number of ether oxygens (including phenoxy) is 8. The van der Waals surface area contributed by atoms with Gasteiger partial charge in [-0.15, -0.1) is 0 Å². The van der Waals surface area contributed by atoms with E-state index in [4.69, 9.17) is 37.9 Å². The molecule has 13 atom stereocenters. The number of fused-ring (bicyclic) bond motifs is 5. The summed E-state index contributed by atoms with van der Waals surface area (Å²) in [6.45, 7) is 16.0. The minimum atomic E-state index is -1.86. The molecule has 5 rings (SSSR count). The van der Waals surface area contributed by atoms with Gasteiger partial charge >= 0.3 is 24.0 Å². The number of aliphatic hydroxyl groups is 1. The summed E-state index contributed by atoms with van der Waals surface area (Å²) in [4.78, 5) is 94.5. The second-order valence-corrected chi connectivity index (χ2v) is 22.0. The molecule has 7 unspecified atom stereocenters. The predicted molar refractivity (Wildman–Crippen MR) is 286 cm³/mol. The van der Waals surface area contributed by atoms with Gasteiger partial charge in [-0.3, -0.25) is 29.3 Å². The number of benzene rings is 1. The number of hydrogen-bond donors (Lipinski definition) is 2. The largest absolute Gasteiger partial charge is 0.496 e. The Hall–Kier alpha value is -5.43. The number of epoxide rings is 1. The van der Waals surface area contributed by atoms with Crippen LogP contribution in [-0.4, -0.2) is 140 Å². The number of allylic oxidation sites excluding steroid dienone is 3. The zero-order valence-electron chi connectivity index (χ0n) is 47.5. The highest BCUT2D eigenvalue weighted by atomic mass is 16.7. The van der Waals surface area contributed by atoms with Crippen molar-refractivity contribution in [2.75, 3.05) is 34.5 Å². The number of likely N-dealkylation sites (N-methyl/N-ethyl adjacent to an activating group) is 1. The van der Waals surface area contributed by atoms with E-state index in [1.807, 2.05) is 51.1 Å². The van der Waals surface area contributed by atoms with Gasteiger partial charge in [-0.2, -0.15) is 0 Å². The molecule has 18 nitrogen and oxygen atoms in total. The van der Waals surface area contributed by atoms with Crippen LogP contribution in [0.2, 0.25) is 0 Å². The molecule has 2 fully saturated rings. The molecule has 4 aliphatic rings. The Bertz CT molecular complexity index is 2350. The number of amides is 2. The zero-order valence-corrected chi connectivity index (χ0v) is 47.5. The summed E-state index contributed by atoms with van der Waals surface area (Å²) in [6, 6.07) is 2.76. The molecule has 2 N–H and O–H groups in total. The summed E-state index contributed by atoms with van der Waals surface area (Å²) in [7, 11) is 4.43. The van der Waals surface area contributed by atoms with Crippen LogP contribution in [0.5, 0.6) is 5.75 Å². The molecule has 0 saturated carbocycles. The van der Waals surface area contributed by atoms with Crippen molar-refractivity contribution in [1.82, 2.24) is 10.2 Å². The molecule has 18 heteroatoms. The molecule has 428 valence electrons. The van der Waals surface area contributed by atoms with Gasteiger partial charge in [0.2, 0.25) is 5.91 Å². The number of nitrogens with one attached hydrogen (secondary N) is 1. The van der Waals surface area contributed by atoms with Gasteiger partial charge in [0.15, 0.2) is 11.5 Å². The van der Waals surface area contributed by atoms with Gasteiger partial charge in [0.05, 0.1) is 37.6 Å². The Labute approximate surface area is 455 Å². The van der Waals surface area contributed by atoms with E-state index in [0.29, 0.717) is 44.3 Å². The number of methoxy groups -OCH3 is 2. The molecule has 0 radical (unpaired) electrons. The summed E-state index contributed by atoms with van der Waals surface area (Å²) >= 11 is 0. The van der Waals surface area contributed by atoms with Gasteiger partial charge < -0.3 is 47.9 Å². The standard InChI is InChI=1S/C59H86N2O16/c1-13-14-19-43(62)34-73-44-20-16-22-45(23-17-21-44)74-55(66)37(4)26-25-36(3)54(65)72-28-27-52(64)61(10)41(8)56(67)76-51-32-47(63)38(5)46-30-42(31-48(70-11)39(46)6)29-35(2)18-15-24-50(71-12)59(69)33-49(75-57(68)60-59)40(7)53-58(51,9)77-53/h15-16,18,22,24,30-31,36-38,40-41,44-45,49-51,53,69H,13-14,17,19-21,23,25-29,32-34H2,1-12H3,(H,60,68)/b22-16+,24-15+,35-18+/t36?,37?,38?,40-,41+,44?,45?,49+,50?,51+,53+,58+,59?/m1/s1. The van der Waals surface area contributed by atoms with Crippen molar-refractivity contribution in [2.24, 2.45) is 17.8 Å². The van der Waals surface area contributed by atoms with Crippen molar-refractivity contribution in [3.05, 3.63) is 64.8 Å². The number of ketones is 2. The van der Waals surface area contributed by atoms with E-state index in [2.05, 4.69) is 5.32 Å². The summed E-state index contributed by atoms with van der Waals surface area (Å²) in [5, 5.41) is 14.4. The van der Waals surface area contributed by atoms with Crippen molar-refractivity contribution in [2.45, 2.75) is 206 Å². The first-order chi connectivity index (χ1) is 36.4. The first-order valence-corrected chi connectivity index (χ1v) is 27.5. The maximum Gasteiger partial charge on any atom is 0.409 e. The van der Waals surface area contributed by atoms with Crippen LogP contribution in [0.4, 0.5) is 4.79 Å². The van der Waals surface area contributed by atoms with Gasteiger partial charge in [0.25, 0.3) is 0 Å². The SMILES string of the molecule is CCCCC(=O)COC1C/C=C/C(OC(=O)C(C)CCC(C)C(=O)OCCC(=O)N(C)[C@@H](C)C(=O)O[C@H]2CC(=O)C(C)c3cc(cc(OC)c3C)C/C(C)=C/C=C/C(OC)C3(O)C[C@H](OC(=O)N3)[C@@H](C)[C@@H]3O[C@@]23C)CCC1. The highest BCUT2D eigenvalue weighted by Crippen LogP contribution is 2.49. The number of hydrogen-bond acceptors (Lipinski definition) is 16. The van der Waals surface area contributed by atoms with Crippen LogP contribution in [0, 0.1) is 24.7 Å². The smallest absolute Gasteiger partial charge is 0.409 e. The number of esters is 3. The number of unbranched alkanes of at least 4 members (excludes halogenated alkanes) is 1. The van der Waals surface area contributed by atoms with Crippen molar-refractivity contribution in [3.63, 3.8) is 0 Å². The third-order valence-electron chi connectivity index (χ3n) is 15.9. The van der Waals surface area contributed by atoms with E-state index in [1.165, 1.54) is 26.0 Å². The van der Waals surface area contributed by atoms with Crippen molar-refractivity contribution < 1.29 is 76.6 Å². The second-order valence-electron chi connectivity index (χ2n) is 22.0. The van der Waals surface area contributed by atoms with Crippen LogP contribution in [0.1, 0.15) is 155 Å². The topological polar surface area (TPSA) is 232 Å². The van der Waals surface area contributed by atoms with Gasteiger partial charge in [0, 0.05) is 45.3 Å². The molecule has 2 heterocycles. The molecule has 4 bridgehead atoms. The molecular formula is C59H86N2O16. The van der Waals surface area contributed by atoms with Crippen LogP contribution >= 0.6 is 0 Å². The average molecular weight is 1080 g/mol. The Balaban J connectivity index is 1.18. The van der Waals surface area contributed by atoms with E-state index in [0.717, 1.165) is 47.9 Å². The van der Waals surface area contributed by atoms with Crippen molar-refractivity contribution in [3.8, 4) is 5.75 Å². The lowest BCUT2D eigenvalue weighted by Crippen LogP contribution is -2.63. The fraction of sp³-hybridized carbons (Fsp3) is 0.678. The first-order valence-electron chi connectivity index (χ1n) is 27.5. The third-order valence-corrected chi connectivity index (χ3v) is 15.9. The van der Waals surface area contributed by atoms with Crippen LogP contribution in [0.3, 0.4) is 0 Å².